The molecule has 3 rings (SSSR count). The Morgan fingerprint density at radius 1 is 1.06 bits per heavy atom. The largest absolute Gasteiger partial charge is 0.339 e. The minimum Gasteiger partial charge on any atom is -0.339 e. The van der Waals surface area contributed by atoms with E-state index in [1.807, 2.05) is 60.4 Å². The Hall–Kier alpha value is -2.41. The SMILES string of the molecule is CCc1ccccc1NC(=O)CN1CCN(C(=O)CNC(C)c2cccc(Cl)c2)CC1. The van der Waals surface area contributed by atoms with Crippen molar-refractivity contribution < 1.29 is 9.59 Å². The van der Waals surface area contributed by atoms with Crippen LogP contribution >= 0.6 is 11.6 Å². The Bertz CT molecular complexity index is 897. The van der Waals surface area contributed by atoms with Crippen molar-refractivity contribution in [3.05, 3.63) is 64.7 Å². The molecule has 6 nitrogen and oxygen atoms in total. The van der Waals surface area contributed by atoms with E-state index in [1.165, 1.54) is 0 Å². The molecule has 1 heterocycles. The van der Waals surface area contributed by atoms with Gasteiger partial charge in [-0.05, 0) is 42.7 Å². The van der Waals surface area contributed by atoms with Crippen LogP contribution in [-0.2, 0) is 16.0 Å². The summed E-state index contributed by atoms with van der Waals surface area (Å²) in [6.45, 7) is 7.36. The fourth-order valence-electron chi connectivity index (χ4n) is 3.74. The lowest BCUT2D eigenvalue weighted by Crippen LogP contribution is -2.52. The molecule has 1 fully saturated rings. The van der Waals surface area contributed by atoms with E-state index >= 15 is 0 Å². The molecule has 7 heteroatoms. The van der Waals surface area contributed by atoms with Gasteiger partial charge in [-0.2, -0.15) is 0 Å². The summed E-state index contributed by atoms with van der Waals surface area (Å²) in [6, 6.07) is 15.6. The summed E-state index contributed by atoms with van der Waals surface area (Å²) in [4.78, 5) is 29.0. The first-order chi connectivity index (χ1) is 15.0. The smallest absolute Gasteiger partial charge is 0.238 e. The van der Waals surface area contributed by atoms with E-state index in [-0.39, 0.29) is 24.4 Å². The van der Waals surface area contributed by atoms with Gasteiger partial charge in [0.2, 0.25) is 11.8 Å². The van der Waals surface area contributed by atoms with Crippen molar-refractivity contribution in [3.8, 4) is 0 Å². The molecular formula is C24H31ClN4O2. The lowest BCUT2D eigenvalue weighted by Gasteiger charge is -2.34. The number of carbonyl (C=O) groups excluding carboxylic acids is 2. The van der Waals surface area contributed by atoms with Crippen molar-refractivity contribution in [1.82, 2.24) is 15.1 Å². The van der Waals surface area contributed by atoms with Crippen molar-refractivity contribution in [2.75, 3.05) is 44.6 Å². The summed E-state index contributed by atoms with van der Waals surface area (Å²) >= 11 is 6.05. The molecule has 1 aliphatic rings. The van der Waals surface area contributed by atoms with Gasteiger partial charge in [0.05, 0.1) is 13.1 Å². The highest BCUT2D eigenvalue weighted by Crippen LogP contribution is 2.17. The maximum Gasteiger partial charge on any atom is 0.238 e. The van der Waals surface area contributed by atoms with E-state index in [0.29, 0.717) is 37.7 Å². The number of aryl methyl sites for hydroxylation is 1. The number of nitrogens with zero attached hydrogens (tertiary/aromatic N) is 2. The molecule has 166 valence electrons. The molecule has 0 saturated carbocycles. The molecule has 2 amide bonds. The van der Waals surface area contributed by atoms with E-state index < -0.39 is 0 Å². The number of hydrogen-bond donors (Lipinski definition) is 2. The zero-order chi connectivity index (χ0) is 22.2. The second-order valence-electron chi connectivity index (χ2n) is 7.87. The number of hydrogen-bond acceptors (Lipinski definition) is 4. The van der Waals surface area contributed by atoms with Crippen molar-refractivity contribution in [2.24, 2.45) is 0 Å². The van der Waals surface area contributed by atoms with E-state index in [4.69, 9.17) is 11.6 Å². The maximum atomic E-state index is 12.6. The van der Waals surface area contributed by atoms with Crippen LogP contribution in [-0.4, -0.2) is 60.9 Å². The van der Waals surface area contributed by atoms with Crippen molar-refractivity contribution in [2.45, 2.75) is 26.3 Å². The first-order valence-electron chi connectivity index (χ1n) is 10.8. The van der Waals surface area contributed by atoms with Gasteiger partial charge in [0.15, 0.2) is 0 Å². The van der Waals surface area contributed by atoms with Crippen molar-refractivity contribution in [3.63, 3.8) is 0 Å². The lowest BCUT2D eigenvalue weighted by atomic mass is 10.1. The molecule has 2 N–H and O–H groups in total. The average molecular weight is 443 g/mol. The second-order valence-corrected chi connectivity index (χ2v) is 8.31. The Labute approximate surface area is 189 Å². The molecule has 1 aliphatic heterocycles. The first-order valence-corrected chi connectivity index (χ1v) is 11.2. The number of nitrogens with one attached hydrogen (secondary N) is 2. The summed E-state index contributed by atoms with van der Waals surface area (Å²) < 4.78 is 0. The summed E-state index contributed by atoms with van der Waals surface area (Å²) in [7, 11) is 0. The number of rotatable bonds is 8. The highest BCUT2D eigenvalue weighted by atomic mass is 35.5. The minimum absolute atomic E-state index is 0.0160. The van der Waals surface area contributed by atoms with E-state index in [0.717, 1.165) is 23.2 Å². The van der Waals surface area contributed by atoms with E-state index in [2.05, 4.69) is 22.5 Å². The van der Waals surface area contributed by atoms with Gasteiger partial charge in [0, 0.05) is 42.9 Å². The van der Waals surface area contributed by atoms with Gasteiger partial charge in [-0.3, -0.25) is 14.5 Å². The summed E-state index contributed by atoms with van der Waals surface area (Å²) in [5, 5.41) is 6.98. The molecule has 0 aliphatic carbocycles. The van der Waals surface area contributed by atoms with Crippen LogP contribution in [0.4, 0.5) is 5.69 Å². The molecule has 2 aromatic carbocycles. The van der Waals surface area contributed by atoms with Gasteiger partial charge in [0.1, 0.15) is 0 Å². The quantitative estimate of drug-likeness (QED) is 0.658. The van der Waals surface area contributed by atoms with Crippen LogP contribution in [0.2, 0.25) is 5.02 Å². The van der Waals surface area contributed by atoms with Gasteiger partial charge in [-0.15, -0.1) is 0 Å². The third kappa shape index (κ3) is 6.79. The molecule has 1 saturated heterocycles. The molecule has 0 aromatic heterocycles. The average Bonchev–Trinajstić information content (AvgIpc) is 2.78. The van der Waals surface area contributed by atoms with Gasteiger partial charge in [-0.25, -0.2) is 0 Å². The Morgan fingerprint density at radius 3 is 2.52 bits per heavy atom. The monoisotopic (exact) mass is 442 g/mol. The lowest BCUT2D eigenvalue weighted by molar-refractivity contribution is -0.132. The molecule has 2 aromatic rings. The van der Waals surface area contributed by atoms with Crippen LogP contribution < -0.4 is 10.6 Å². The Kier molecular flexibility index (Phi) is 8.46. The number of amides is 2. The van der Waals surface area contributed by atoms with E-state index in [1.54, 1.807) is 0 Å². The van der Waals surface area contributed by atoms with Crippen LogP contribution in [0.1, 0.15) is 31.0 Å². The van der Waals surface area contributed by atoms with Crippen LogP contribution in [0.3, 0.4) is 0 Å². The second kappa shape index (κ2) is 11.3. The highest BCUT2D eigenvalue weighted by molar-refractivity contribution is 6.30. The molecule has 0 bridgehead atoms. The molecule has 1 unspecified atom stereocenters. The molecular weight excluding hydrogens is 412 g/mol. The fraction of sp³-hybridized carbons (Fsp3) is 0.417. The molecule has 1 atom stereocenters. The summed E-state index contributed by atoms with van der Waals surface area (Å²) in [5.74, 6) is 0.0625. The Balaban J connectivity index is 1.40. The number of carbonyl (C=O) groups is 2. The standard InChI is InChI=1S/C24H31ClN4O2/c1-3-19-7-4-5-10-22(19)27-23(30)17-28-11-13-29(14-12-28)24(31)16-26-18(2)20-8-6-9-21(25)15-20/h4-10,15,18,26H,3,11-14,16-17H2,1-2H3,(H,27,30). The van der Waals surface area contributed by atoms with Gasteiger partial charge < -0.3 is 15.5 Å². The summed E-state index contributed by atoms with van der Waals surface area (Å²) in [6.07, 6.45) is 0.876. The third-order valence-corrected chi connectivity index (χ3v) is 5.91. The predicted molar refractivity (Wildman–Crippen MR) is 125 cm³/mol. The first kappa shape index (κ1) is 23.3. The van der Waals surface area contributed by atoms with Crippen LogP contribution in [0.15, 0.2) is 48.5 Å². The maximum absolute atomic E-state index is 12.6. The zero-order valence-corrected chi connectivity index (χ0v) is 19.0. The number of piperazine rings is 1. The molecule has 0 spiro atoms. The normalized spacial score (nSPS) is 15.5. The van der Waals surface area contributed by atoms with Crippen LogP contribution in [0, 0.1) is 0 Å². The third-order valence-electron chi connectivity index (χ3n) is 5.67. The fourth-order valence-corrected chi connectivity index (χ4v) is 3.94. The Morgan fingerprint density at radius 2 is 1.81 bits per heavy atom. The topological polar surface area (TPSA) is 64.7 Å². The predicted octanol–water partition coefficient (Wildman–Crippen LogP) is 3.34. The number of halogens is 1. The van der Waals surface area contributed by atoms with Crippen LogP contribution in [0.5, 0.6) is 0 Å². The van der Waals surface area contributed by atoms with Crippen LogP contribution in [0.25, 0.3) is 0 Å². The summed E-state index contributed by atoms with van der Waals surface area (Å²) in [5.41, 5.74) is 3.07. The van der Waals surface area contributed by atoms with Crippen molar-refractivity contribution in [1.29, 1.82) is 0 Å². The minimum atomic E-state index is -0.0160. The van der Waals surface area contributed by atoms with E-state index in [9.17, 15) is 9.59 Å². The number of benzene rings is 2. The molecule has 0 radical (unpaired) electrons. The zero-order valence-electron chi connectivity index (χ0n) is 18.2. The number of para-hydroxylation sites is 1. The van der Waals surface area contributed by atoms with Crippen molar-refractivity contribution >= 4 is 29.1 Å². The number of anilines is 1. The molecule has 31 heavy (non-hydrogen) atoms. The van der Waals surface area contributed by atoms with Gasteiger partial charge in [0.25, 0.3) is 0 Å². The van der Waals surface area contributed by atoms with Gasteiger partial charge in [-0.1, -0.05) is 48.9 Å². The highest BCUT2D eigenvalue weighted by Gasteiger charge is 2.23. The van der Waals surface area contributed by atoms with Gasteiger partial charge >= 0.3 is 0 Å².